The number of hydrogen-bond donors (Lipinski definition) is 0. The number of nitrogens with zero attached hydrogens (tertiary/aromatic N) is 2. The third-order valence-electron chi connectivity index (χ3n) is 4.78. The number of rotatable bonds is 0. The quantitative estimate of drug-likeness (QED) is 0.599. The van der Waals surface area contributed by atoms with Crippen molar-refractivity contribution in [3.05, 3.63) is 35.5 Å². The summed E-state index contributed by atoms with van der Waals surface area (Å²) < 4.78 is 18.0. The second-order valence-corrected chi connectivity index (χ2v) is 9.59. The van der Waals surface area contributed by atoms with Crippen molar-refractivity contribution >= 4 is 29.0 Å². The number of amides is 2. The molecule has 0 bridgehead atoms. The molecule has 1 fully saturated rings. The van der Waals surface area contributed by atoms with Crippen LogP contribution >= 0.6 is 0 Å². The highest BCUT2D eigenvalue weighted by molar-refractivity contribution is 6.11. The minimum absolute atomic E-state index is 0.0652. The molecule has 0 N–H and O–H groups in total. The maximum Gasteiger partial charge on any atom is 0.419 e. The van der Waals surface area contributed by atoms with Gasteiger partial charge in [0.25, 0.3) is 5.91 Å². The van der Waals surface area contributed by atoms with Crippen LogP contribution in [-0.4, -0.2) is 51.4 Å². The zero-order valence-corrected chi connectivity index (χ0v) is 18.0. The molecule has 4 rings (SSSR count). The van der Waals surface area contributed by atoms with E-state index >= 15 is 0 Å². The SMILES string of the molecule is CC(C)(C)OC(=O)N1C[C@H]2O[C@H]2c2c(n(C(=O)OC(C)(C)C)c3ccccc23)C1=O. The van der Waals surface area contributed by atoms with Gasteiger partial charge in [-0.3, -0.25) is 4.79 Å². The van der Waals surface area contributed by atoms with Gasteiger partial charge in [0, 0.05) is 10.9 Å². The Hall–Kier alpha value is -2.87. The Balaban J connectivity index is 1.88. The van der Waals surface area contributed by atoms with E-state index in [0.717, 1.165) is 10.3 Å². The Labute approximate surface area is 174 Å². The molecular formula is C22H26N2O6. The normalized spacial score (nSPS) is 21.0. The number of aromatic nitrogens is 1. The lowest BCUT2D eigenvalue weighted by Crippen LogP contribution is -2.43. The molecule has 2 aliphatic rings. The van der Waals surface area contributed by atoms with E-state index in [1.54, 1.807) is 53.7 Å². The molecule has 0 saturated carbocycles. The van der Waals surface area contributed by atoms with E-state index in [2.05, 4.69) is 0 Å². The highest BCUT2D eigenvalue weighted by atomic mass is 16.6. The zero-order valence-electron chi connectivity index (χ0n) is 18.0. The van der Waals surface area contributed by atoms with Gasteiger partial charge in [0.05, 0.1) is 12.1 Å². The number of benzene rings is 1. The number of fused-ring (bicyclic) bond motifs is 5. The van der Waals surface area contributed by atoms with Crippen molar-refractivity contribution in [1.29, 1.82) is 0 Å². The van der Waals surface area contributed by atoms with Gasteiger partial charge in [-0.05, 0) is 47.6 Å². The summed E-state index contributed by atoms with van der Waals surface area (Å²) in [6.07, 6.45) is -2.15. The van der Waals surface area contributed by atoms with Crippen LogP contribution in [0.1, 0.15) is 63.7 Å². The Morgan fingerprint density at radius 3 is 2.23 bits per heavy atom. The summed E-state index contributed by atoms with van der Waals surface area (Å²) in [7, 11) is 0. The third kappa shape index (κ3) is 3.56. The van der Waals surface area contributed by atoms with E-state index in [1.165, 1.54) is 4.57 Å². The largest absolute Gasteiger partial charge is 0.443 e. The van der Waals surface area contributed by atoms with Gasteiger partial charge >= 0.3 is 12.2 Å². The number of carbonyl (C=O) groups is 3. The maximum atomic E-state index is 13.5. The van der Waals surface area contributed by atoms with Crippen LogP contribution in [0.3, 0.4) is 0 Å². The first kappa shape index (κ1) is 20.4. The smallest absolute Gasteiger partial charge is 0.419 e. The van der Waals surface area contributed by atoms with Crippen LogP contribution in [0.5, 0.6) is 0 Å². The first-order chi connectivity index (χ1) is 13.9. The summed E-state index contributed by atoms with van der Waals surface area (Å²) in [5.41, 5.74) is -0.301. The molecule has 1 saturated heterocycles. The molecule has 2 amide bonds. The Kier molecular flexibility index (Phi) is 4.47. The van der Waals surface area contributed by atoms with Crippen molar-refractivity contribution in [2.45, 2.75) is 65.0 Å². The number of epoxide rings is 1. The van der Waals surface area contributed by atoms with E-state index < -0.39 is 29.3 Å². The van der Waals surface area contributed by atoms with Crippen LogP contribution in [0.4, 0.5) is 9.59 Å². The highest BCUT2D eigenvalue weighted by Gasteiger charge is 2.52. The molecule has 2 atom stereocenters. The molecule has 30 heavy (non-hydrogen) atoms. The summed E-state index contributed by atoms with van der Waals surface area (Å²) in [6, 6.07) is 7.20. The number of ether oxygens (including phenoxy) is 3. The molecule has 8 nitrogen and oxygen atoms in total. The minimum atomic E-state index is -0.770. The Morgan fingerprint density at radius 1 is 1.00 bits per heavy atom. The van der Waals surface area contributed by atoms with Gasteiger partial charge in [-0.1, -0.05) is 18.2 Å². The summed E-state index contributed by atoms with van der Waals surface area (Å²) >= 11 is 0. The molecule has 0 radical (unpaired) electrons. The number of imide groups is 1. The number of carbonyl (C=O) groups excluding carboxylic acids is 3. The highest BCUT2D eigenvalue weighted by Crippen LogP contribution is 2.47. The minimum Gasteiger partial charge on any atom is -0.443 e. The summed E-state index contributed by atoms with van der Waals surface area (Å²) in [5, 5.41) is 0.727. The van der Waals surface area contributed by atoms with Gasteiger partial charge in [0.15, 0.2) is 0 Å². The molecule has 2 aliphatic heterocycles. The zero-order chi connectivity index (χ0) is 22.0. The van der Waals surface area contributed by atoms with Crippen LogP contribution < -0.4 is 0 Å². The van der Waals surface area contributed by atoms with Gasteiger partial charge < -0.3 is 14.2 Å². The fraction of sp³-hybridized carbons (Fsp3) is 0.500. The number of para-hydroxylation sites is 1. The van der Waals surface area contributed by atoms with Crippen molar-refractivity contribution in [2.75, 3.05) is 6.54 Å². The van der Waals surface area contributed by atoms with E-state index in [-0.39, 0.29) is 24.4 Å². The summed E-state index contributed by atoms with van der Waals surface area (Å²) in [5.74, 6) is -0.600. The lowest BCUT2D eigenvalue weighted by atomic mass is 10.1. The molecular weight excluding hydrogens is 388 g/mol. The van der Waals surface area contributed by atoms with Crippen LogP contribution in [0.25, 0.3) is 10.9 Å². The fourth-order valence-corrected chi connectivity index (χ4v) is 3.66. The first-order valence-electron chi connectivity index (χ1n) is 9.94. The van der Waals surface area contributed by atoms with Gasteiger partial charge in [-0.15, -0.1) is 0 Å². The van der Waals surface area contributed by atoms with E-state index in [1.807, 2.05) is 12.1 Å². The molecule has 0 spiro atoms. The molecule has 2 aromatic rings. The second-order valence-electron chi connectivity index (χ2n) is 9.59. The summed E-state index contributed by atoms with van der Waals surface area (Å²) in [4.78, 5) is 40.4. The predicted octanol–water partition coefficient (Wildman–Crippen LogP) is 4.26. The molecule has 8 heteroatoms. The third-order valence-corrected chi connectivity index (χ3v) is 4.78. The van der Waals surface area contributed by atoms with Crippen LogP contribution in [0, 0.1) is 0 Å². The molecule has 0 unspecified atom stereocenters. The molecule has 0 aliphatic carbocycles. The van der Waals surface area contributed by atoms with Crippen molar-refractivity contribution in [3.8, 4) is 0 Å². The van der Waals surface area contributed by atoms with E-state index in [9.17, 15) is 14.4 Å². The monoisotopic (exact) mass is 414 g/mol. The van der Waals surface area contributed by atoms with Crippen molar-refractivity contribution in [2.24, 2.45) is 0 Å². The average molecular weight is 414 g/mol. The van der Waals surface area contributed by atoms with Gasteiger partial charge in [-0.25, -0.2) is 19.1 Å². The topological polar surface area (TPSA) is 90.4 Å². The standard InChI is InChI=1S/C22H26N2O6/c1-21(2,3)29-19(26)23-11-14-17(28-14)15-12-9-7-8-10-13(12)24(16(15)18(23)25)20(27)30-22(4,5)6/h7-10,14,17H,11H2,1-6H3/t14-,17-/m1/s1. The lowest BCUT2D eigenvalue weighted by molar-refractivity contribution is 0.0220. The second kappa shape index (κ2) is 6.57. The first-order valence-corrected chi connectivity index (χ1v) is 9.94. The molecule has 1 aromatic heterocycles. The van der Waals surface area contributed by atoms with Gasteiger partial charge in [-0.2, -0.15) is 0 Å². The van der Waals surface area contributed by atoms with Gasteiger partial charge in [0.2, 0.25) is 0 Å². The fourth-order valence-electron chi connectivity index (χ4n) is 3.66. The van der Waals surface area contributed by atoms with Crippen LogP contribution in [0.2, 0.25) is 0 Å². The van der Waals surface area contributed by atoms with Crippen molar-refractivity contribution < 1.29 is 28.6 Å². The van der Waals surface area contributed by atoms with Crippen LogP contribution in [-0.2, 0) is 14.2 Å². The Bertz CT molecular complexity index is 1060. The van der Waals surface area contributed by atoms with E-state index in [0.29, 0.717) is 11.1 Å². The lowest BCUT2D eigenvalue weighted by Gasteiger charge is -2.26. The average Bonchev–Trinajstić information content (AvgIpc) is 3.28. The van der Waals surface area contributed by atoms with E-state index in [4.69, 9.17) is 14.2 Å². The summed E-state index contributed by atoms with van der Waals surface area (Å²) in [6.45, 7) is 10.5. The molecule has 160 valence electrons. The number of hydrogen-bond acceptors (Lipinski definition) is 6. The van der Waals surface area contributed by atoms with Crippen molar-refractivity contribution in [3.63, 3.8) is 0 Å². The predicted molar refractivity (Wildman–Crippen MR) is 108 cm³/mol. The van der Waals surface area contributed by atoms with Gasteiger partial charge in [0.1, 0.15) is 29.1 Å². The van der Waals surface area contributed by atoms with Crippen LogP contribution in [0.15, 0.2) is 24.3 Å². The molecule has 1 aromatic carbocycles. The maximum absolute atomic E-state index is 13.5. The molecule has 3 heterocycles. The van der Waals surface area contributed by atoms with Crippen molar-refractivity contribution in [1.82, 2.24) is 9.47 Å². The Morgan fingerprint density at radius 2 is 1.60 bits per heavy atom.